The highest BCUT2D eigenvalue weighted by atomic mass is 16.5. The van der Waals surface area contributed by atoms with Crippen LogP contribution in [0.4, 0.5) is 10.5 Å². The predicted molar refractivity (Wildman–Crippen MR) is 85.7 cm³/mol. The Morgan fingerprint density at radius 2 is 1.83 bits per heavy atom. The van der Waals surface area contributed by atoms with Crippen LogP contribution in [0, 0.1) is 0 Å². The summed E-state index contributed by atoms with van der Waals surface area (Å²) >= 11 is 0. The zero-order valence-corrected chi connectivity index (χ0v) is 13.7. The molecule has 3 rings (SSSR count). The van der Waals surface area contributed by atoms with Gasteiger partial charge in [-0.3, -0.25) is 0 Å². The molecule has 128 valence electrons. The molecule has 24 heavy (non-hydrogen) atoms. The number of carbonyl (C=O) groups is 1. The van der Waals surface area contributed by atoms with Crippen LogP contribution in [0.5, 0.6) is 17.2 Å². The van der Waals surface area contributed by atoms with Crippen LogP contribution in [0.3, 0.4) is 0 Å². The van der Waals surface area contributed by atoms with Crippen molar-refractivity contribution in [2.24, 2.45) is 0 Å². The van der Waals surface area contributed by atoms with Crippen LogP contribution < -0.4 is 19.5 Å². The van der Waals surface area contributed by atoms with E-state index in [1.165, 1.54) is 21.3 Å². The van der Waals surface area contributed by atoms with Gasteiger partial charge in [-0.1, -0.05) is 5.21 Å². The third-order valence-corrected chi connectivity index (χ3v) is 3.88. The highest BCUT2D eigenvalue weighted by molar-refractivity contribution is 5.90. The third-order valence-electron chi connectivity index (χ3n) is 3.88. The normalized spacial score (nSPS) is 14.0. The van der Waals surface area contributed by atoms with Crippen molar-refractivity contribution in [1.29, 1.82) is 0 Å². The maximum atomic E-state index is 12.3. The van der Waals surface area contributed by atoms with E-state index in [9.17, 15) is 4.79 Å². The highest BCUT2D eigenvalue weighted by Crippen LogP contribution is 2.40. The summed E-state index contributed by atoms with van der Waals surface area (Å²) in [6.45, 7) is 1.17. The van der Waals surface area contributed by atoms with Crippen molar-refractivity contribution in [2.45, 2.75) is 6.04 Å². The van der Waals surface area contributed by atoms with Gasteiger partial charge in [-0.15, -0.1) is 5.10 Å². The van der Waals surface area contributed by atoms with Gasteiger partial charge in [-0.25, -0.2) is 9.48 Å². The fourth-order valence-corrected chi connectivity index (χ4v) is 2.56. The first-order valence-corrected chi connectivity index (χ1v) is 7.38. The number of nitrogens with zero attached hydrogens (tertiary/aromatic N) is 4. The highest BCUT2D eigenvalue weighted by Gasteiger charge is 2.32. The van der Waals surface area contributed by atoms with Gasteiger partial charge in [0, 0.05) is 31.4 Å². The average molecular weight is 333 g/mol. The second kappa shape index (κ2) is 6.65. The van der Waals surface area contributed by atoms with Crippen LogP contribution in [-0.2, 0) is 0 Å². The van der Waals surface area contributed by atoms with E-state index in [0.717, 1.165) is 0 Å². The monoisotopic (exact) mass is 333 g/mol. The first-order chi connectivity index (χ1) is 11.7. The van der Waals surface area contributed by atoms with Crippen molar-refractivity contribution in [3.63, 3.8) is 0 Å². The first-order valence-electron chi connectivity index (χ1n) is 7.38. The number of likely N-dealkylation sites (tertiary alicyclic amines) is 1. The standard InChI is InChI=1S/C15H19N5O4/c1-22-12-6-10(7-13(23-2)14(12)24-3)17-15(21)19-8-11(9-19)20-5-4-16-18-20/h4-7,11H,8-9H2,1-3H3,(H,17,21). The molecular formula is C15H19N5O4. The molecule has 1 aliphatic heterocycles. The minimum absolute atomic E-state index is 0.165. The van der Waals surface area contributed by atoms with E-state index >= 15 is 0 Å². The van der Waals surface area contributed by atoms with Gasteiger partial charge >= 0.3 is 6.03 Å². The molecule has 0 saturated carbocycles. The molecular weight excluding hydrogens is 314 g/mol. The molecule has 2 amide bonds. The lowest BCUT2D eigenvalue weighted by Gasteiger charge is -2.38. The lowest BCUT2D eigenvalue weighted by Crippen LogP contribution is -2.52. The maximum Gasteiger partial charge on any atom is 0.321 e. The molecule has 2 heterocycles. The minimum atomic E-state index is -0.194. The van der Waals surface area contributed by atoms with Crippen molar-refractivity contribution in [3.8, 4) is 17.2 Å². The molecule has 0 bridgehead atoms. The quantitative estimate of drug-likeness (QED) is 0.889. The van der Waals surface area contributed by atoms with E-state index in [-0.39, 0.29) is 12.1 Å². The molecule has 0 spiro atoms. The van der Waals surface area contributed by atoms with Gasteiger partial charge in [-0.2, -0.15) is 0 Å². The van der Waals surface area contributed by atoms with Gasteiger partial charge in [-0.05, 0) is 0 Å². The third kappa shape index (κ3) is 2.92. The number of aromatic nitrogens is 3. The average Bonchev–Trinajstić information content (AvgIpc) is 3.06. The number of ether oxygens (including phenoxy) is 3. The number of amides is 2. The fourth-order valence-electron chi connectivity index (χ4n) is 2.56. The van der Waals surface area contributed by atoms with E-state index in [0.29, 0.717) is 36.0 Å². The Balaban J connectivity index is 1.67. The smallest absolute Gasteiger partial charge is 0.321 e. The Morgan fingerprint density at radius 3 is 2.33 bits per heavy atom. The van der Waals surface area contributed by atoms with Crippen LogP contribution in [0.2, 0.25) is 0 Å². The number of carbonyl (C=O) groups excluding carboxylic acids is 1. The Morgan fingerprint density at radius 1 is 1.17 bits per heavy atom. The number of anilines is 1. The largest absolute Gasteiger partial charge is 0.493 e. The zero-order chi connectivity index (χ0) is 17.1. The molecule has 1 aromatic carbocycles. The van der Waals surface area contributed by atoms with E-state index in [1.807, 2.05) is 0 Å². The number of benzene rings is 1. The van der Waals surface area contributed by atoms with Crippen LogP contribution in [0.25, 0.3) is 0 Å². The van der Waals surface area contributed by atoms with Crippen molar-refractivity contribution < 1.29 is 19.0 Å². The Bertz CT molecular complexity index is 688. The van der Waals surface area contributed by atoms with E-state index in [2.05, 4.69) is 15.6 Å². The number of urea groups is 1. The number of hydrogen-bond donors (Lipinski definition) is 1. The predicted octanol–water partition coefficient (Wildman–Crippen LogP) is 1.39. The first kappa shape index (κ1) is 15.9. The summed E-state index contributed by atoms with van der Waals surface area (Å²) < 4.78 is 17.6. The molecule has 2 aromatic rings. The van der Waals surface area contributed by atoms with E-state index in [1.54, 1.807) is 34.1 Å². The lowest BCUT2D eigenvalue weighted by molar-refractivity contribution is 0.127. The second-order valence-electron chi connectivity index (χ2n) is 5.29. The summed E-state index contributed by atoms with van der Waals surface area (Å²) in [7, 11) is 4.59. The zero-order valence-electron chi connectivity index (χ0n) is 13.7. The molecule has 1 aromatic heterocycles. The van der Waals surface area contributed by atoms with Crippen LogP contribution >= 0.6 is 0 Å². The van der Waals surface area contributed by atoms with Crippen LogP contribution in [0.15, 0.2) is 24.5 Å². The van der Waals surface area contributed by atoms with Gasteiger partial charge < -0.3 is 24.4 Å². The Kier molecular flexibility index (Phi) is 4.41. The molecule has 0 radical (unpaired) electrons. The molecule has 1 saturated heterocycles. The molecule has 9 nitrogen and oxygen atoms in total. The van der Waals surface area contributed by atoms with Crippen molar-refractivity contribution in [2.75, 3.05) is 39.7 Å². The fraction of sp³-hybridized carbons (Fsp3) is 0.400. The van der Waals surface area contributed by atoms with E-state index < -0.39 is 0 Å². The Hall–Kier alpha value is -2.97. The molecule has 1 fully saturated rings. The van der Waals surface area contributed by atoms with Crippen molar-refractivity contribution in [3.05, 3.63) is 24.5 Å². The topological polar surface area (TPSA) is 90.7 Å². The van der Waals surface area contributed by atoms with Gasteiger partial charge in [0.25, 0.3) is 0 Å². The molecule has 1 aliphatic rings. The van der Waals surface area contributed by atoms with Crippen molar-refractivity contribution in [1.82, 2.24) is 19.9 Å². The summed E-state index contributed by atoms with van der Waals surface area (Å²) in [4.78, 5) is 14.0. The van der Waals surface area contributed by atoms with E-state index in [4.69, 9.17) is 14.2 Å². The SMILES string of the molecule is COc1cc(NC(=O)N2CC(n3ccnn3)C2)cc(OC)c1OC. The van der Waals surface area contributed by atoms with Crippen molar-refractivity contribution >= 4 is 11.7 Å². The number of methoxy groups -OCH3 is 3. The second-order valence-corrected chi connectivity index (χ2v) is 5.29. The summed E-state index contributed by atoms with van der Waals surface area (Å²) in [5, 5.41) is 10.5. The number of rotatable bonds is 5. The Labute approximate surface area is 139 Å². The number of hydrogen-bond acceptors (Lipinski definition) is 6. The summed E-state index contributed by atoms with van der Waals surface area (Å²) in [6.07, 6.45) is 3.41. The maximum absolute atomic E-state index is 12.3. The van der Waals surface area contributed by atoms with Crippen LogP contribution in [0.1, 0.15) is 6.04 Å². The molecule has 0 aliphatic carbocycles. The summed E-state index contributed by atoms with van der Waals surface area (Å²) in [5.41, 5.74) is 0.568. The minimum Gasteiger partial charge on any atom is -0.493 e. The summed E-state index contributed by atoms with van der Waals surface area (Å²) in [5.74, 6) is 1.45. The van der Waals surface area contributed by atoms with Crippen LogP contribution in [-0.4, -0.2) is 60.3 Å². The van der Waals surface area contributed by atoms with Gasteiger partial charge in [0.05, 0.1) is 39.3 Å². The van der Waals surface area contributed by atoms with Gasteiger partial charge in [0.15, 0.2) is 11.5 Å². The number of nitrogens with one attached hydrogen (secondary N) is 1. The molecule has 0 unspecified atom stereocenters. The summed E-state index contributed by atoms with van der Waals surface area (Å²) in [6, 6.07) is 3.35. The molecule has 0 atom stereocenters. The lowest BCUT2D eigenvalue weighted by atomic mass is 10.1. The molecule has 1 N–H and O–H groups in total. The molecule has 9 heteroatoms. The van der Waals surface area contributed by atoms with Gasteiger partial charge in [0.1, 0.15) is 0 Å². The van der Waals surface area contributed by atoms with Gasteiger partial charge in [0.2, 0.25) is 5.75 Å².